The highest BCUT2D eigenvalue weighted by Gasteiger charge is 2.20. The van der Waals surface area contributed by atoms with Gasteiger partial charge in [-0.3, -0.25) is 4.79 Å². The summed E-state index contributed by atoms with van der Waals surface area (Å²) in [5.41, 5.74) is 7.20. The van der Waals surface area contributed by atoms with Crippen molar-refractivity contribution in [2.24, 2.45) is 11.7 Å². The fourth-order valence-corrected chi connectivity index (χ4v) is 1.82. The number of nitrogens with zero attached hydrogens (tertiary/aromatic N) is 1. The molecule has 1 aliphatic heterocycles. The molecule has 4 heteroatoms. The van der Waals surface area contributed by atoms with Gasteiger partial charge in [-0.2, -0.15) is 0 Å². The largest absolute Gasteiger partial charge is 0.380 e. The molecule has 0 aromatic rings. The first kappa shape index (κ1) is 14.2. The fourth-order valence-electron chi connectivity index (χ4n) is 1.82. The molecule has 98 valence electrons. The predicted molar refractivity (Wildman–Crippen MR) is 68.6 cm³/mol. The lowest BCUT2D eigenvalue weighted by molar-refractivity contribution is -0.131. The maximum Gasteiger partial charge on any atom is 0.224 e. The van der Waals surface area contributed by atoms with Crippen molar-refractivity contribution in [3.8, 4) is 0 Å². The van der Waals surface area contributed by atoms with Gasteiger partial charge in [0, 0.05) is 32.7 Å². The topological polar surface area (TPSA) is 55.6 Å². The molecule has 0 saturated heterocycles. The molecule has 1 amide bonds. The van der Waals surface area contributed by atoms with Crippen LogP contribution < -0.4 is 5.73 Å². The lowest BCUT2D eigenvalue weighted by atomic mass is 10.0. The highest BCUT2D eigenvalue weighted by molar-refractivity contribution is 5.77. The molecule has 1 rings (SSSR count). The highest BCUT2D eigenvalue weighted by atomic mass is 16.5. The summed E-state index contributed by atoms with van der Waals surface area (Å²) in [5.74, 6) is 0.516. The smallest absolute Gasteiger partial charge is 0.224 e. The van der Waals surface area contributed by atoms with Crippen LogP contribution in [0.15, 0.2) is 11.6 Å². The first-order valence-electron chi connectivity index (χ1n) is 6.24. The Morgan fingerprint density at radius 1 is 1.59 bits per heavy atom. The number of carbonyl (C=O) groups excluding carboxylic acids is 1. The van der Waals surface area contributed by atoms with Crippen LogP contribution in [-0.2, 0) is 9.53 Å². The Balaban J connectivity index is 2.40. The minimum Gasteiger partial charge on any atom is -0.380 e. The Hall–Kier alpha value is -0.870. The van der Waals surface area contributed by atoms with Crippen LogP contribution in [0.25, 0.3) is 0 Å². The monoisotopic (exact) mass is 240 g/mol. The van der Waals surface area contributed by atoms with Crippen LogP contribution in [0.1, 0.15) is 26.7 Å². The molecular weight excluding hydrogens is 216 g/mol. The van der Waals surface area contributed by atoms with Crippen LogP contribution >= 0.6 is 0 Å². The van der Waals surface area contributed by atoms with Crippen LogP contribution in [0.4, 0.5) is 0 Å². The van der Waals surface area contributed by atoms with Crippen molar-refractivity contribution in [1.82, 2.24) is 4.90 Å². The number of carbonyl (C=O) groups is 1. The normalized spacial score (nSPS) is 18.2. The third-order valence-corrected chi connectivity index (χ3v) is 3.25. The average molecular weight is 240 g/mol. The van der Waals surface area contributed by atoms with Gasteiger partial charge >= 0.3 is 0 Å². The van der Waals surface area contributed by atoms with Crippen LogP contribution in [0.2, 0.25) is 0 Å². The van der Waals surface area contributed by atoms with E-state index in [2.05, 4.69) is 6.08 Å². The van der Waals surface area contributed by atoms with Crippen LogP contribution in [0.5, 0.6) is 0 Å². The molecule has 0 aromatic carbocycles. The summed E-state index contributed by atoms with van der Waals surface area (Å²) < 4.78 is 5.08. The molecule has 1 aliphatic rings. The van der Waals surface area contributed by atoms with Gasteiger partial charge in [0.05, 0.1) is 6.61 Å². The van der Waals surface area contributed by atoms with E-state index < -0.39 is 0 Å². The molecule has 0 bridgehead atoms. The van der Waals surface area contributed by atoms with E-state index in [9.17, 15) is 4.79 Å². The lowest BCUT2D eigenvalue weighted by Gasteiger charge is -2.28. The minimum absolute atomic E-state index is 0.0353. The van der Waals surface area contributed by atoms with Crippen molar-refractivity contribution in [1.29, 1.82) is 0 Å². The number of ether oxygens (including phenoxy) is 1. The number of hydrogen-bond acceptors (Lipinski definition) is 3. The van der Waals surface area contributed by atoms with E-state index in [1.165, 1.54) is 5.57 Å². The molecule has 0 spiro atoms. The molecule has 1 heterocycles. The summed E-state index contributed by atoms with van der Waals surface area (Å²) in [6.45, 7) is 6.25. The van der Waals surface area contributed by atoms with Gasteiger partial charge in [0.1, 0.15) is 0 Å². The summed E-state index contributed by atoms with van der Waals surface area (Å²) in [6, 6.07) is -0.0353. The Labute approximate surface area is 104 Å². The van der Waals surface area contributed by atoms with Gasteiger partial charge in [0.2, 0.25) is 5.91 Å². The third-order valence-electron chi connectivity index (χ3n) is 3.25. The first-order chi connectivity index (χ1) is 8.04. The van der Waals surface area contributed by atoms with E-state index in [1.807, 2.05) is 18.7 Å². The first-order valence-corrected chi connectivity index (χ1v) is 6.24. The Morgan fingerprint density at radius 3 is 2.76 bits per heavy atom. The zero-order valence-corrected chi connectivity index (χ0v) is 11.1. The highest BCUT2D eigenvalue weighted by Crippen LogP contribution is 2.13. The van der Waals surface area contributed by atoms with E-state index >= 15 is 0 Å². The van der Waals surface area contributed by atoms with E-state index in [0.29, 0.717) is 25.5 Å². The molecule has 17 heavy (non-hydrogen) atoms. The van der Waals surface area contributed by atoms with Crippen molar-refractivity contribution in [3.05, 3.63) is 11.6 Å². The van der Waals surface area contributed by atoms with Crippen molar-refractivity contribution in [2.75, 3.05) is 26.8 Å². The predicted octanol–water partition coefficient (Wildman–Crippen LogP) is 1.16. The van der Waals surface area contributed by atoms with E-state index in [4.69, 9.17) is 10.5 Å². The van der Waals surface area contributed by atoms with Gasteiger partial charge in [-0.05, 0) is 17.9 Å². The second-order valence-electron chi connectivity index (χ2n) is 5.00. The SMILES string of the molecule is COCC1=CCN(C(=O)CC(N)C(C)C)CC1. The molecule has 1 atom stereocenters. The summed E-state index contributed by atoms with van der Waals surface area (Å²) in [4.78, 5) is 13.8. The molecule has 0 saturated carbocycles. The molecule has 4 nitrogen and oxygen atoms in total. The number of rotatable bonds is 5. The summed E-state index contributed by atoms with van der Waals surface area (Å²) in [7, 11) is 1.69. The molecule has 0 aliphatic carbocycles. The van der Waals surface area contributed by atoms with Gasteiger partial charge in [-0.15, -0.1) is 0 Å². The quantitative estimate of drug-likeness (QED) is 0.734. The second kappa shape index (κ2) is 6.77. The maximum atomic E-state index is 12.0. The van der Waals surface area contributed by atoms with Crippen LogP contribution in [0.3, 0.4) is 0 Å². The maximum absolute atomic E-state index is 12.0. The van der Waals surface area contributed by atoms with Gasteiger partial charge in [0.15, 0.2) is 0 Å². The van der Waals surface area contributed by atoms with Gasteiger partial charge in [0.25, 0.3) is 0 Å². The van der Waals surface area contributed by atoms with Gasteiger partial charge in [-0.25, -0.2) is 0 Å². The van der Waals surface area contributed by atoms with Crippen molar-refractivity contribution >= 4 is 5.91 Å². The molecule has 0 fully saturated rings. The fraction of sp³-hybridized carbons (Fsp3) is 0.769. The van der Waals surface area contributed by atoms with Gasteiger partial charge < -0.3 is 15.4 Å². The summed E-state index contributed by atoms with van der Waals surface area (Å²) >= 11 is 0. The van der Waals surface area contributed by atoms with E-state index in [-0.39, 0.29) is 11.9 Å². The Kier molecular flexibility index (Phi) is 5.65. The molecule has 0 aromatic heterocycles. The van der Waals surface area contributed by atoms with Gasteiger partial charge in [-0.1, -0.05) is 19.9 Å². The summed E-state index contributed by atoms with van der Waals surface area (Å²) in [5, 5.41) is 0. The Bertz CT molecular complexity index is 287. The van der Waals surface area contributed by atoms with Crippen molar-refractivity contribution < 1.29 is 9.53 Å². The zero-order valence-electron chi connectivity index (χ0n) is 11.1. The number of nitrogens with two attached hydrogens (primary N) is 1. The molecule has 1 unspecified atom stereocenters. The van der Waals surface area contributed by atoms with Crippen LogP contribution in [0, 0.1) is 5.92 Å². The zero-order chi connectivity index (χ0) is 12.8. The number of hydrogen-bond donors (Lipinski definition) is 1. The Morgan fingerprint density at radius 2 is 2.29 bits per heavy atom. The number of amides is 1. The second-order valence-corrected chi connectivity index (χ2v) is 5.00. The standard InChI is InChI=1S/C13H24N2O2/c1-10(2)12(14)8-13(16)15-6-4-11(5-7-15)9-17-3/h4,10,12H,5-9,14H2,1-3H3. The van der Waals surface area contributed by atoms with Crippen molar-refractivity contribution in [2.45, 2.75) is 32.7 Å². The third kappa shape index (κ3) is 4.48. The van der Waals surface area contributed by atoms with E-state index in [0.717, 1.165) is 13.0 Å². The van der Waals surface area contributed by atoms with E-state index in [1.54, 1.807) is 7.11 Å². The average Bonchev–Trinajstić information content (AvgIpc) is 2.30. The minimum atomic E-state index is -0.0353. The van der Waals surface area contributed by atoms with Crippen molar-refractivity contribution in [3.63, 3.8) is 0 Å². The van der Waals surface area contributed by atoms with Crippen LogP contribution in [-0.4, -0.2) is 43.7 Å². The molecule has 2 N–H and O–H groups in total. The summed E-state index contributed by atoms with van der Waals surface area (Å²) in [6.07, 6.45) is 3.45. The lowest BCUT2D eigenvalue weighted by Crippen LogP contribution is -2.40. The number of methoxy groups -OCH3 is 1. The molecule has 0 radical (unpaired) electrons. The molecular formula is C13H24N2O2.